The largest absolute Gasteiger partial charge is 0.481 e. The molecule has 0 fully saturated rings. The van der Waals surface area contributed by atoms with Crippen molar-refractivity contribution in [2.24, 2.45) is 0 Å². The van der Waals surface area contributed by atoms with Gasteiger partial charge >= 0.3 is 5.97 Å². The van der Waals surface area contributed by atoms with E-state index in [1.807, 2.05) is 0 Å². The Bertz CT molecular complexity index is 267. The smallest absolute Gasteiger partial charge is 0.303 e. The first-order valence-electron chi connectivity index (χ1n) is 8.29. The lowest BCUT2D eigenvalue weighted by Crippen LogP contribution is -1.92. The van der Waals surface area contributed by atoms with Crippen LogP contribution in [0, 0.1) is 0 Å². The van der Waals surface area contributed by atoms with E-state index in [0.717, 1.165) is 25.7 Å². The van der Waals surface area contributed by atoms with Gasteiger partial charge in [0.05, 0.1) is 0 Å². The van der Waals surface area contributed by atoms with Crippen LogP contribution in [0.5, 0.6) is 0 Å². The summed E-state index contributed by atoms with van der Waals surface area (Å²) in [6.45, 7) is 2.25. The van der Waals surface area contributed by atoms with Crippen LogP contribution in [0.25, 0.3) is 0 Å². The topological polar surface area (TPSA) is 37.3 Å². The van der Waals surface area contributed by atoms with Crippen LogP contribution in [0.1, 0.15) is 84.0 Å². The second-order valence-electron chi connectivity index (χ2n) is 5.36. The summed E-state index contributed by atoms with van der Waals surface area (Å²) in [5, 5.41) is 8.48. The molecule has 0 unspecified atom stereocenters. The zero-order valence-electron chi connectivity index (χ0n) is 13.2. The van der Waals surface area contributed by atoms with Crippen LogP contribution in [0.15, 0.2) is 24.3 Å². The number of carbonyl (C=O) groups is 1. The summed E-state index contributed by atoms with van der Waals surface area (Å²) in [4.78, 5) is 10.3. The van der Waals surface area contributed by atoms with Crippen molar-refractivity contribution in [3.8, 4) is 0 Å². The molecule has 0 aliphatic heterocycles. The van der Waals surface area contributed by atoms with Gasteiger partial charge in [0.2, 0.25) is 0 Å². The lowest BCUT2D eigenvalue weighted by Gasteiger charge is -1.97. The van der Waals surface area contributed by atoms with Crippen LogP contribution in [-0.2, 0) is 4.79 Å². The van der Waals surface area contributed by atoms with Crippen LogP contribution in [0.3, 0.4) is 0 Å². The van der Waals surface area contributed by atoms with E-state index in [4.69, 9.17) is 5.11 Å². The molecular weight excluding hydrogens is 248 g/mol. The van der Waals surface area contributed by atoms with Crippen LogP contribution in [0.2, 0.25) is 0 Å². The van der Waals surface area contributed by atoms with Gasteiger partial charge in [0.1, 0.15) is 0 Å². The van der Waals surface area contributed by atoms with E-state index >= 15 is 0 Å². The number of carboxylic acids is 1. The first-order valence-corrected chi connectivity index (χ1v) is 8.29. The SMILES string of the molecule is CCCCCCCC/C=C\CC/C=C\CCCC(=O)O. The Morgan fingerprint density at radius 2 is 1.25 bits per heavy atom. The zero-order chi connectivity index (χ0) is 14.9. The molecule has 0 aromatic rings. The molecule has 0 aromatic heterocycles. The molecule has 2 heteroatoms. The minimum Gasteiger partial charge on any atom is -0.481 e. The third kappa shape index (κ3) is 16.9. The standard InChI is InChI=1S/C18H32O2/c1-2-3-4-5-6-7-8-9-10-11-12-13-14-15-16-17-18(19)20/h9-10,13-14H,2-8,11-12,15-17H2,1H3,(H,19,20)/b10-9-,14-13-. The highest BCUT2D eigenvalue weighted by Gasteiger charge is 1.92. The van der Waals surface area contributed by atoms with E-state index in [9.17, 15) is 4.79 Å². The fourth-order valence-corrected chi connectivity index (χ4v) is 2.08. The molecule has 0 aliphatic carbocycles. The minimum atomic E-state index is -0.698. The van der Waals surface area contributed by atoms with E-state index in [-0.39, 0.29) is 6.42 Å². The van der Waals surface area contributed by atoms with Crippen molar-refractivity contribution in [2.75, 3.05) is 0 Å². The van der Waals surface area contributed by atoms with E-state index in [2.05, 4.69) is 31.2 Å². The fraction of sp³-hybridized carbons (Fsp3) is 0.722. The molecule has 0 heterocycles. The lowest BCUT2D eigenvalue weighted by atomic mass is 10.1. The quantitative estimate of drug-likeness (QED) is 0.318. The Morgan fingerprint density at radius 3 is 1.85 bits per heavy atom. The van der Waals surface area contributed by atoms with Crippen molar-refractivity contribution in [1.29, 1.82) is 0 Å². The number of rotatable bonds is 14. The Morgan fingerprint density at radius 1 is 0.750 bits per heavy atom. The van der Waals surface area contributed by atoms with Crippen LogP contribution in [0.4, 0.5) is 0 Å². The molecular formula is C18H32O2. The summed E-state index contributed by atoms with van der Waals surface area (Å²) in [6, 6.07) is 0. The second kappa shape index (κ2) is 16.0. The second-order valence-corrected chi connectivity index (χ2v) is 5.36. The fourth-order valence-electron chi connectivity index (χ4n) is 2.08. The predicted molar refractivity (Wildman–Crippen MR) is 87.0 cm³/mol. The van der Waals surface area contributed by atoms with Crippen molar-refractivity contribution < 1.29 is 9.90 Å². The predicted octanol–water partition coefficient (Wildman–Crippen LogP) is 5.88. The van der Waals surface area contributed by atoms with Crippen molar-refractivity contribution in [3.05, 3.63) is 24.3 Å². The van der Waals surface area contributed by atoms with Crippen molar-refractivity contribution in [2.45, 2.75) is 84.0 Å². The number of aliphatic carboxylic acids is 1. The highest BCUT2D eigenvalue weighted by molar-refractivity contribution is 5.66. The molecule has 0 spiro atoms. The summed E-state index contributed by atoms with van der Waals surface area (Å²) in [5.41, 5.74) is 0. The van der Waals surface area contributed by atoms with Gasteiger partial charge in [-0.1, -0.05) is 63.3 Å². The van der Waals surface area contributed by atoms with E-state index in [1.54, 1.807) is 0 Å². The minimum absolute atomic E-state index is 0.280. The monoisotopic (exact) mass is 280 g/mol. The Hall–Kier alpha value is -1.05. The summed E-state index contributed by atoms with van der Waals surface area (Å²) in [7, 11) is 0. The van der Waals surface area contributed by atoms with Crippen LogP contribution in [-0.4, -0.2) is 11.1 Å². The Labute approximate surface area is 125 Å². The number of hydrogen-bond acceptors (Lipinski definition) is 1. The normalized spacial score (nSPS) is 11.7. The number of hydrogen-bond donors (Lipinski definition) is 1. The van der Waals surface area contributed by atoms with Crippen LogP contribution < -0.4 is 0 Å². The molecule has 0 atom stereocenters. The maximum Gasteiger partial charge on any atom is 0.303 e. The molecule has 0 rings (SSSR count). The van der Waals surface area contributed by atoms with Crippen molar-refractivity contribution >= 4 is 5.97 Å². The highest BCUT2D eigenvalue weighted by atomic mass is 16.4. The number of allylic oxidation sites excluding steroid dienone is 4. The van der Waals surface area contributed by atoms with Crippen molar-refractivity contribution in [1.82, 2.24) is 0 Å². The Balaban J connectivity index is 3.19. The van der Waals surface area contributed by atoms with Gasteiger partial charge < -0.3 is 5.11 Å². The van der Waals surface area contributed by atoms with Gasteiger partial charge in [0.25, 0.3) is 0 Å². The molecule has 0 aliphatic rings. The molecule has 0 radical (unpaired) electrons. The summed E-state index contributed by atoms with van der Waals surface area (Å²) >= 11 is 0. The average molecular weight is 280 g/mol. The summed E-state index contributed by atoms with van der Waals surface area (Å²) in [6.07, 6.45) is 22.3. The maximum atomic E-state index is 10.3. The van der Waals surface area contributed by atoms with Gasteiger partial charge in [0.15, 0.2) is 0 Å². The maximum absolute atomic E-state index is 10.3. The molecule has 20 heavy (non-hydrogen) atoms. The molecule has 1 N–H and O–H groups in total. The molecule has 0 aromatic carbocycles. The molecule has 0 amide bonds. The third-order valence-corrected chi connectivity index (χ3v) is 3.32. The summed E-state index contributed by atoms with van der Waals surface area (Å²) < 4.78 is 0. The lowest BCUT2D eigenvalue weighted by molar-refractivity contribution is -0.137. The average Bonchev–Trinajstić information content (AvgIpc) is 2.43. The third-order valence-electron chi connectivity index (χ3n) is 3.32. The van der Waals surface area contributed by atoms with Gasteiger partial charge in [-0.3, -0.25) is 4.79 Å². The molecule has 2 nitrogen and oxygen atoms in total. The molecule has 116 valence electrons. The van der Waals surface area contributed by atoms with Gasteiger partial charge in [-0.05, 0) is 38.5 Å². The highest BCUT2D eigenvalue weighted by Crippen LogP contribution is 2.07. The summed E-state index contributed by atoms with van der Waals surface area (Å²) in [5.74, 6) is -0.698. The molecule has 0 saturated heterocycles. The van der Waals surface area contributed by atoms with Gasteiger partial charge in [-0.2, -0.15) is 0 Å². The van der Waals surface area contributed by atoms with E-state index in [1.165, 1.54) is 44.9 Å². The van der Waals surface area contributed by atoms with Gasteiger partial charge in [0, 0.05) is 6.42 Å². The number of carboxylic acid groups (broad SMARTS) is 1. The van der Waals surface area contributed by atoms with Crippen LogP contribution >= 0.6 is 0 Å². The van der Waals surface area contributed by atoms with Crippen molar-refractivity contribution in [3.63, 3.8) is 0 Å². The van der Waals surface area contributed by atoms with Gasteiger partial charge in [-0.15, -0.1) is 0 Å². The van der Waals surface area contributed by atoms with E-state index < -0.39 is 5.97 Å². The zero-order valence-corrected chi connectivity index (χ0v) is 13.2. The van der Waals surface area contributed by atoms with E-state index in [0.29, 0.717) is 0 Å². The molecule has 0 bridgehead atoms. The first kappa shape index (κ1) is 18.9. The Kier molecular flexibility index (Phi) is 15.2. The number of unbranched alkanes of at least 4 members (excludes halogenated alkanes) is 8. The molecule has 0 saturated carbocycles. The first-order chi connectivity index (χ1) is 9.77. The van der Waals surface area contributed by atoms with Gasteiger partial charge in [-0.25, -0.2) is 0 Å².